The van der Waals surface area contributed by atoms with E-state index in [4.69, 9.17) is 4.74 Å². The number of carbonyl (C=O) groups excluding carboxylic acids is 2. The van der Waals surface area contributed by atoms with E-state index in [0.29, 0.717) is 13.1 Å². The third-order valence-corrected chi connectivity index (χ3v) is 7.22. The first-order valence-corrected chi connectivity index (χ1v) is 11.3. The molecule has 2 rings (SSSR count). The third-order valence-electron chi connectivity index (χ3n) is 5.30. The maximum Gasteiger partial charge on any atom is 0.338 e. The molecule has 0 spiro atoms. The summed E-state index contributed by atoms with van der Waals surface area (Å²) in [5.41, 5.74) is 0.214. The number of likely N-dealkylation sites (N-methyl/N-ethyl adjacent to an activating group) is 1. The van der Waals surface area contributed by atoms with Crippen LogP contribution in [0.3, 0.4) is 0 Å². The number of esters is 1. The minimum absolute atomic E-state index is 0.0227. The van der Waals surface area contributed by atoms with Crippen molar-refractivity contribution in [3.05, 3.63) is 29.8 Å². The van der Waals surface area contributed by atoms with Crippen molar-refractivity contribution in [1.29, 1.82) is 0 Å². The van der Waals surface area contributed by atoms with Crippen LogP contribution in [-0.4, -0.2) is 62.3 Å². The van der Waals surface area contributed by atoms with E-state index in [-0.39, 0.29) is 29.0 Å². The molecule has 1 fully saturated rings. The number of hydrogen-bond acceptors (Lipinski definition) is 5. The van der Waals surface area contributed by atoms with Crippen LogP contribution < -0.4 is 0 Å². The molecule has 1 aliphatic rings. The van der Waals surface area contributed by atoms with Gasteiger partial charge in [0.25, 0.3) is 5.91 Å². The Bertz CT molecular complexity index is 766. The summed E-state index contributed by atoms with van der Waals surface area (Å²) in [6.07, 6.45) is 4.99. The van der Waals surface area contributed by atoms with Crippen molar-refractivity contribution in [3.63, 3.8) is 0 Å². The van der Waals surface area contributed by atoms with Gasteiger partial charge in [0.05, 0.1) is 10.5 Å². The number of amides is 1. The lowest BCUT2D eigenvalue weighted by atomic mass is 9.96. The molecule has 0 saturated heterocycles. The van der Waals surface area contributed by atoms with Gasteiger partial charge in [-0.05, 0) is 51.0 Å². The van der Waals surface area contributed by atoms with Gasteiger partial charge in [0, 0.05) is 26.2 Å². The fourth-order valence-corrected chi connectivity index (χ4v) is 4.86. The van der Waals surface area contributed by atoms with Gasteiger partial charge in [0.1, 0.15) is 0 Å². The largest absolute Gasteiger partial charge is 0.452 e. The average molecular weight is 411 g/mol. The van der Waals surface area contributed by atoms with Crippen molar-refractivity contribution in [2.24, 2.45) is 0 Å². The van der Waals surface area contributed by atoms with Crippen LogP contribution in [-0.2, 0) is 19.6 Å². The Kier molecular flexibility index (Phi) is 8.00. The second-order valence-electron chi connectivity index (χ2n) is 6.98. The second kappa shape index (κ2) is 10.0. The monoisotopic (exact) mass is 410 g/mol. The predicted molar refractivity (Wildman–Crippen MR) is 106 cm³/mol. The molecule has 7 nitrogen and oxygen atoms in total. The van der Waals surface area contributed by atoms with Gasteiger partial charge in [0.15, 0.2) is 6.61 Å². The molecular weight excluding hydrogens is 380 g/mol. The van der Waals surface area contributed by atoms with Crippen molar-refractivity contribution in [2.75, 3.05) is 26.7 Å². The molecule has 8 heteroatoms. The Hall–Kier alpha value is -1.93. The van der Waals surface area contributed by atoms with E-state index >= 15 is 0 Å². The quantitative estimate of drug-likeness (QED) is 0.615. The zero-order valence-corrected chi connectivity index (χ0v) is 17.7. The van der Waals surface area contributed by atoms with Gasteiger partial charge in [-0.2, -0.15) is 4.31 Å². The molecule has 0 radical (unpaired) electrons. The van der Waals surface area contributed by atoms with Crippen LogP contribution in [0.1, 0.15) is 56.3 Å². The van der Waals surface area contributed by atoms with Gasteiger partial charge < -0.3 is 9.64 Å². The van der Waals surface area contributed by atoms with Crippen molar-refractivity contribution in [1.82, 2.24) is 9.21 Å². The molecule has 1 aromatic carbocycles. The molecular formula is C20H30N2O5S. The molecule has 0 aliphatic heterocycles. The zero-order valence-electron chi connectivity index (χ0n) is 16.9. The van der Waals surface area contributed by atoms with Gasteiger partial charge >= 0.3 is 5.97 Å². The van der Waals surface area contributed by atoms with Crippen molar-refractivity contribution in [3.8, 4) is 0 Å². The zero-order chi connectivity index (χ0) is 20.7. The molecule has 156 valence electrons. The molecule has 0 atom stereocenters. The van der Waals surface area contributed by atoms with E-state index in [1.807, 2.05) is 13.8 Å². The van der Waals surface area contributed by atoms with Gasteiger partial charge in [-0.3, -0.25) is 4.79 Å². The first-order valence-electron chi connectivity index (χ1n) is 9.84. The SMILES string of the molecule is CCN(CC)C(=O)COC(=O)c1ccc(S(=O)(=O)N(C)C2CCCCC2)cc1. The first kappa shape index (κ1) is 22.4. The fraction of sp³-hybridized carbons (Fsp3) is 0.600. The maximum absolute atomic E-state index is 12.8. The van der Waals surface area contributed by atoms with Gasteiger partial charge in [-0.1, -0.05) is 19.3 Å². The summed E-state index contributed by atoms with van der Waals surface area (Å²) in [5.74, 6) is -0.906. The summed E-state index contributed by atoms with van der Waals surface area (Å²) in [7, 11) is -1.99. The van der Waals surface area contributed by atoms with Crippen LogP contribution in [0.15, 0.2) is 29.2 Å². The van der Waals surface area contributed by atoms with Gasteiger partial charge in [-0.15, -0.1) is 0 Å². The molecule has 1 aliphatic carbocycles. The molecule has 0 N–H and O–H groups in total. The number of rotatable bonds is 8. The average Bonchev–Trinajstić information content (AvgIpc) is 2.73. The van der Waals surface area contributed by atoms with Crippen LogP contribution in [0.4, 0.5) is 0 Å². The van der Waals surface area contributed by atoms with E-state index in [1.165, 1.54) is 28.6 Å². The Morgan fingerprint density at radius 2 is 1.61 bits per heavy atom. The normalized spacial score (nSPS) is 15.4. The second-order valence-corrected chi connectivity index (χ2v) is 8.98. The summed E-state index contributed by atoms with van der Waals surface area (Å²) in [5, 5.41) is 0. The number of sulfonamides is 1. The fourth-order valence-electron chi connectivity index (χ4n) is 3.45. The molecule has 0 unspecified atom stereocenters. The van der Waals surface area contributed by atoms with E-state index in [0.717, 1.165) is 32.1 Å². The van der Waals surface area contributed by atoms with Crippen molar-refractivity contribution >= 4 is 21.9 Å². The standard InChI is InChI=1S/C20H30N2O5S/c1-4-22(5-2)19(23)15-27-20(24)16-11-13-18(14-12-16)28(25,26)21(3)17-9-7-6-8-10-17/h11-14,17H,4-10,15H2,1-3H3. The topological polar surface area (TPSA) is 84.0 Å². The Labute approximate surface area is 167 Å². The highest BCUT2D eigenvalue weighted by molar-refractivity contribution is 7.89. The number of hydrogen-bond donors (Lipinski definition) is 0. The lowest BCUT2D eigenvalue weighted by Gasteiger charge is -2.30. The summed E-state index contributed by atoms with van der Waals surface area (Å²) < 4.78 is 32.2. The molecule has 0 aromatic heterocycles. The van der Waals surface area contributed by atoms with E-state index in [1.54, 1.807) is 11.9 Å². The molecule has 1 saturated carbocycles. The number of ether oxygens (including phenoxy) is 1. The highest BCUT2D eigenvalue weighted by Crippen LogP contribution is 2.26. The molecule has 28 heavy (non-hydrogen) atoms. The van der Waals surface area contributed by atoms with Crippen LogP contribution in [0.25, 0.3) is 0 Å². The smallest absolute Gasteiger partial charge is 0.338 e. The lowest BCUT2D eigenvalue weighted by molar-refractivity contribution is -0.134. The highest BCUT2D eigenvalue weighted by atomic mass is 32.2. The number of nitrogens with zero attached hydrogens (tertiary/aromatic N) is 2. The van der Waals surface area contributed by atoms with Crippen LogP contribution in [0, 0.1) is 0 Å². The minimum Gasteiger partial charge on any atom is -0.452 e. The first-order chi connectivity index (χ1) is 13.3. The van der Waals surface area contributed by atoms with Crippen LogP contribution >= 0.6 is 0 Å². The highest BCUT2D eigenvalue weighted by Gasteiger charge is 2.29. The number of benzene rings is 1. The number of carbonyl (C=O) groups is 2. The summed E-state index contributed by atoms with van der Waals surface area (Å²) in [6.45, 7) is 4.48. The minimum atomic E-state index is -3.60. The molecule has 1 aromatic rings. The molecule has 1 amide bonds. The summed E-state index contributed by atoms with van der Waals surface area (Å²) >= 11 is 0. The van der Waals surface area contributed by atoms with Crippen molar-refractivity contribution < 1.29 is 22.7 Å². The Balaban J connectivity index is 2.01. The Morgan fingerprint density at radius 3 is 2.14 bits per heavy atom. The maximum atomic E-state index is 12.8. The van der Waals surface area contributed by atoms with E-state index < -0.39 is 16.0 Å². The van der Waals surface area contributed by atoms with Crippen molar-refractivity contribution in [2.45, 2.75) is 56.9 Å². The Morgan fingerprint density at radius 1 is 1.04 bits per heavy atom. The van der Waals surface area contributed by atoms with Crippen LogP contribution in [0.5, 0.6) is 0 Å². The summed E-state index contributed by atoms with van der Waals surface area (Å²) in [6, 6.07) is 5.70. The predicted octanol–water partition coefficient (Wildman–Crippen LogP) is 2.67. The summed E-state index contributed by atoms with van der Waals surface area (Å²) in [4.78, 5) is 25.8. The van der Waals surface area contributed by atoms with E-state index in [9.17, 15) is 18.0 Å². The van der Waals surface area contributed by atoms with Crippen LogP contribution in [0.2, 0.25) is 0 Å². The molecule has 0 bridgehead atoms. The van der Waals surface area contributed by atoms with E-state index in [2.05, 4.69) is 0 Å². The molecule has 0 heterocycles. The third kappa shape index (κ3) is 5.32. The van der Waals surface area contributed by atoms with Gasteiger partial charge in [-0.25, -0.2) is 13.2 Å². The lowest BCUT2D eigenvalue weighted by Crippen LogP contribution is -2.38. The van der Waals surface area contributed by atoms with Gasteiger partial charge in [0.2, 0.25) is 10.0 Å².